The van der Waals surface area contributed by atoms with Crippen molar-refractivity contribution in [2.24, 2.45) is 5.92 Å². The molecule has 21 nitrogen and oxygen atoms in total. The summed E-state index contributed by atoms with van der Waals surface area (Å²) in [6, 6.07) is 7.14. The molecule has 0 unspecified atom stereocenters. The molecule has 0 aliphatic carbocycles. The first-order chi connectivity index (χ1) is 38.3. The molecule has 0 spiro atoms. The highest BCUT2D eigenvalue weighted by molar-refractivity contribution is 8.00. The lowest BCUT2D eigenvalue weighted by molar-refractivity contribution is -0.131. The van der Waals surface area contributed by atoms with Crippen molar-refractivity contribution in [3.05, 3.63) is 64.3 Å². The van der Waals surface area contributed by atoms with Gasteiger partial charge in [0, 0.05) is 132 Å². The number of methoxy groups -OCH3 is 2. The minimum absolute atomic E-state index is 0.00262. The van der Waals surface area contributed by atoms with Crippen molar-refractivity contribution in [1.29, 1.82) is 0 Å². The summed E-state index contributed by atoms with van der Waals surface area (Å²) < 4.78 is 27.6. The molecule has 3 atom stereocenters. The molecule has 0 saturated carbocycles. The molecule has 3 saturated heterocycles. The zero-order valence-corrected chi connectivity index (χ0v) is 47.7. The lowest BCUT2D eigenvalue weighted by Crippen LogP contribution is -2.48. The van der Waals surface area contributed by atoms with Crippen LogP contribution in [0.1, 0.15) is 75.3 Å². The molecule has 4 N–H and O–H groups in total. The largest absolute Gasteiger partial charge is 0.495 e. The van der Waals surface area contributed by atoms with E-state index in [4.69, 9.17) is 51.9 Å². The van der Waals surface area contributed by atoms with E-state index in [9.17, 15) is 28.8 Å². The molecule has 4 aliphatic heterocycles. The number of urea groups is 1. The summed E-state index contributed by atoms with van der Waals surface area (Å²) in [5, 5.41) is 13.0. The minimum Gasteiger partial charge on any atom is -0.495 e. The number of ether oxygens (including phenoxy) is 5. The number of ketones is 1. The number of thioether (sulfide) groups is 1. The SMILES string of the molecule is C=CC(=O)Cc1cc(N2CCN(C(=O)CCCC(=O)NCCCOCCOCCOCCCNC(=O)CCCC[C@@H]3SC[C@@H]4CC(=O)N[C@@H]43)CC2)ccc1Nc1ncc2c(n1)N(C)C(=O)N(c1c(Cl)c(OC)cc(OC)c1Cl)C2. The topological polar surface area (TPSA) is 235 Å². The van der Waals surface area contributed by atoms with Crippen LogP contribution in [-0.2, 0) is 51.1 Å². The van der Waals surface area contributed by atoms with Crippen LogP contribution in [-0.4, -0.2) is 168 Å². The first-order valence-corrected chi connectivity index (χ1v) is 28.9. The normalized spacial score (nSPS) is 17.8. The number of nitrogens with zero attached hydrogens (tertiary/aromatic N) is 6. The molecule has 1 aromatic heterocycles. The fraction of sp³-hybridized carbons (Fsp3) is 0.564. The van der Waals surface area contributed by atoms with E-state index in [1.165, 1.54) is 30.1 Å². The van der Waals surface area contributed by atoms with E-state index in [1.54, 1.807) is 19.3 Å². The Morgan fingerprint density at radius 3 is 2.13 bits per heavy atom. The van der Waals surface area contributed by atoms with Crippen molar-refractivity contribution >= 4 is 99.2 Å². The quantitative estimate of drug-likeness (QED) is 0.0387. The number of anilines is 5. The van der Waals surface area contributed by atoms with Crippen molar-refractivity contribution < 1.29 is 52.5 Å². The average Bonchev–Trinajstić information content (AvgIpc) is 4.13. The van der Waals surface area contributed by atoms with E-state index in [0.29, 0.717) is 144 Å². The van der Waals surface area contributed by atoms with Gasteiger partial charge in [0.05, 0.1) is 52.9 Å². The Morgan fingerprint density at radius 2 is 1.48 bits per heavy atom. The van der Waals surface area contributed by atoms with Crippen LogP contribution in [0.4, 0.5) is 33.6 Å². The number of benzene rings is 2. The molecular weight excluding hydrogens is 1080 g/mol. The van der Waals surface area contributed by atoms with Gasteiger partial charge in [0.1, 0.15) is 27.4 Å². The van der Waals surface area contributed by atoms with Crippen molar-refractivity contribution in [1.82, 2.24) is 30.8 Å². The van der Waals surface area contributed by atoms with Crippen LogP contribution in [0.25, 0.3) is 0 Å². The van der Waals surface area contributed by atoms with E-state index < -0.39 is 6.03 Å². The molecule has 2 aromatic carbocycles. The molecule has 0 radical (unpaired) electrons. The fourth-order valence-corrected chi connectivity index (χ4v) is 12.3. The van der Waals surface area contributed by atoms with Gasteiger partial charge in [-0.2, -0.15) is 16.7 Å². The number of fused-ring (bicyclic) bond motifs is 2. The maximum Gasteiger partial charge on any atom is 0.330 e. The molecule has 5 heterocycles. The zero-order valence-electron chi connectivity index (χ0n) is 45.4. The number of allylic oxidation sites excluding steroid dienone is 1. The number of halogens is 2. The Balaban J connectivity index is 0.719. The Kier molecular flexibility index (Phi) is 23.5. The second-order valence-electron chi connectivity index (χ2n) is 19.7. The van der Waals surface area contributed by atoms with Gasteiger partial charge in [-0.3, -0.25) is 33.8 Å². The molecule has 6 amide bonds. The Bertz CT molecular complexity index is 2600. The number of nitrogens with one attached hydrogen (secondary N) is 4. The van der Waals surface area contributed by atoms with Crippen LogP contribution in [0.5, 0.6) is 11.5 Å². The number of aromatic nitrogens is 2. The van der Waals surface area contributed by atoms with Gasteiger partial charge in [-0.1, -0.05) is 36.2 Å². The summed E-state index contributed by atoms with van der Waals surface area (Å²) in [6.45, 7) is 9.76. The van der Waals surface area contributed by atoms with Crippen molar-refractivity contribution in [3.8, 4) is 11.5 Å². The van der Waals surface area contributed by atoms with Crippen LogP contribution in [0.3, 0.4) is 0 Å². The summed E-state index contributed by atoms with van der Waals surface area (Å²) in [5.41, 5.74) is 3.03. The molecule has 3 fully saturated rings. The number of hydrogen-bond donors (Lipinski definition) is 4. The average molecular weight is 1150 g/mol. The van der Waals surface area contributed by atoms with Gasteiger partial charge < -0.3 is 54.8 Å². The Hall–Kier alpha value is -5.91. The lowest BCUT2D eigenvalue weighted by Gasteiger charge is -2.36. The molecule has 3 aromatic rings. The highest BCUT2D eigenvalue weighted by Crippen LogP contribution is 2.48. The number of carbonyl (C=O) groups is 6. The zero-order chi connectivity index (χ0) is 56.3. The first kappa shape index (κ1) is 60.7. The van der Waals surface area contributed by atoms with Gasteiger partial charge >= 0.3 is 6.03 Å². The van der Waals surface area contributed by atoms with Crippen molar-refractivity contribution in [2.75, 3.05) is 126 Å². The van der Waals surface area contributed by atoms with Crippen molar-refractivity contribution in [2.45, 2.75) is 88.5 Å². The second kappa shape index (κ2) is 30.6. The number of rotatable bonds is 32. The van der Waals surface area contributed by atoms with Gasteiger partial charge in [-0.15, -0.1) is 0 Å². The minimum atomic E-state index is -0.443. The highest BCUT2D eigenvalue weighted by atomic mass is 35.5. The molecule has 7 rings (SSSR count). The third kappa shape index (κ3) is 17.1. The van der Waals surface area contributed by atoms with Crippen LogP contribution >= 0.6 is 35.0 Å². The van der Waals surface area contributed by atoms with Crippen molar-refractivity contribution in [3.63, 3.8) is 0 Å². The van der Waals surface area contributed by atoms with E-state index in [0.717, 1.165) is 37.1 Å². The number of hydrogen-bond acceptors (Lipinski definition) is 16. The molecule has 24 heteroatoms. The van der Waals surface area contributed by atoms with Gasteiger partial charge in [-0.25, -0.2) is 9.78 Å². The van der Waals surface area contributed by atoms with Gasteiger partial charge in [0.25, 0.3) is 0 Å². The number of amides is 6. The summed E-state index contributed by atoms with van der Waals surface area (Å²) >= 11 is 15.3. The fourth-order valence-electron chi connectivity index (χ4n) is 9.91. The van der Waals surface area contributed by atoms with Gasteiger partial charge in [0.15, 0.2) is 5.78 Å². The van der Waals surface area contributed by atoms with Crippen LogP contribution in [0.2, 0.25) is 10.0 Å². The maximum absolute atomic E-state index is 13.8. The maximum atomic E-state index is 13.8. The molecule has 0 bridgehead atoms. The first-order valence-electron chi connectivity index (χ1n) is 27.0. The highest BCUT2D eigenvalue weighted by Gasteiger charge is 2.43. The Labute approximate surface area is 476 Å². The molecular formula is C55H74Cl2N10O11S. The summed E-state index contributed by atoms with van der Waals surface area (Å²) in [7, 11) is 4.49. The van der Waals surface area contributed by atoms with E-state index >= 15 is 0 Å². The molecule has 79 heavy (non-hydrogen) atoms. The standard InChI is InChI=1S/C55H74Cl2N10O11S/c1-5-40(68)30-36-29-39(15-16-41(36)61-54-60-33-38-34-67(55(73)64(2)53(38)63-54)52-49(56)42(74-3)32-43(75-4)50(52)57)65-19-21-66(22-20-65)48(72)14-8-13-46(70)59-18-10-24-77-26-28-78-27-25-76-23-9-17-58-45(69)12-7-6-11-44-51-37(35-79-44)31-47(71)62-51/h5,15-16,29,32-33,37,44,51H,1,6-14,17-28,30-31,34-35H2,2-4H3,(H,58,69)(H,59,70)(H,62,71)(H,60,61,63)/t37-,44-,51-/m0/s1. The lowest BCUT2D eigenvalue weighted by atomic mass is 9.97. The summed E-state index contributed by atoms with van der Waals surface area (Å²) in [6.07, 6.45) is 9.37. The van der Waals surface area contributed by atoms with Gasteiger partial charge in [-0.05, 0) is 73.6 Å². The third-order valence-corrected chi connectivity index (χ3v) is 16.5. The predicted octanol–water partition coefficient (Wildman–Crippen LogP) is 6.48. The van der Waals surface area contributed by atoms with Crippen LogP contribution < -0.4 is 45.4 Å². The number of unbranched alkanes of at least 4 members (excludes halogenated alkanes) is 1. The molecule has 430 valence electrons. The van der Waals surface area contributed by atoms with E-state index in [-0.39, 0.29) is 88.4 Å². The predicted molar refractivity (Wildman–Crippen MR) is 305 cm³/mol. The Morgan fingerprint density at radius 1 is 0.835 bits per heavy atom. The summed E-state index contributed by atoms with van der Waals surface area (Å²) in [4.78, 5) is 92.0. The number of carbonyl (C=O) groups excluding carboxylic acids is 6. The molecule has 4 aliphatic rings. The van der Waals surface area contributed by atoms with Crippen LogP contribution in [0.15, 0.2) is 43.1 Å². The van der Waals surface area contributed by atoms with E-state index in [1.807, 2.05) is 34.9 Å². The van der Waals surface area contributed by atoms with Gasteiger partial charge in [0.2, 0.25) is 29.6 Å². The van der Waals surface area contributed by atoms with Crippen LogP contribution in [0, 0.1) is 5.92 Å². The summed E-state index contributed by atoms with van der Waals surface area (Å²) in [5.74, 6) is 2.66. The monoisotopic (exact) mass is 1150 g/mol. The smallest absolute Gasteiger partial charge is 0.330 e. The van der Waals surface area contributed by atoms with E-state index in [2.05, 4.69) is 37.7 Å². The third-order valence-electron chi connectivity index (χ3n) is 14.2. The second-order valence-corrected chi connectivity index (χ2v) is 21.7. The number of piperazine rings is 1.